The van der Waals surface area contributed by atoms with Crippen molar-refractivity contribution in [3.63, 3.8) is 0 Å². The number of carbonyl (C=O) groups excluding carboxylic acids is 4. The minimum atomic E-state index is -1.87. The minimum absolute atomic E-state index is 0.0203. The van der Waals surface area contributed by atoms with Crippen LogP contribution in [0.3, 0.4) is 0 Å². The lowest BCUT2D eigenvalue weighted by molar-refractivity contribution is -0.162. The third-order valence-corrected chi connectivity index (χ3v) is 11.8. The highest BCUT2D eigenvalue weighted by atomic mass is 35.5. The first kappa shape index (κ1) is 42.6. The maximum Gasteiger partial charge on any atom is 0.409 e. The number of aliphatic hydroxyl groups excluding tert-OH is 2. The molecule has 2 fully saturated rings. The minimum Gasteiger partial charge on any atom is -0.457 e. The number of nitrogens with one attached hydrogen (secondary N) is 1. The van der Waals surface area contributed by atoms with Crippen LogP contribution in [0, 0.1) is 23.7 Å². The molecule has 1 aromatic carbocycles. The largest absolute Gasteiger partial charge is 0.457 e. The van der Waals surface area contributed by atoms with E-state index in [2.05, 4.69) is 17.9 Å². The van der Waals surface area contributed by atoms with E-state index < -0.39 is 78.0 Å². The number of ether oxygens (including phenoxy) is 3. The van der Waals surface area contributed by atoms with Gasteiger partial charge in [-0.25, -0.2) is 9.59 Å². The number of rotatable bonds is 8. The van der Waals surface area contributed by atoms with Crippen LogP contribution in [-0.4, -0.2) is 106 Å². The molecule has 53 heavy (non-hydrogen) atoms. The third kappa shape index (κ3) is 9.22. The second kappa shape index (κ2) is 17.1. The van der Waals surface area contributed by atoms with Crippen LogP contribution in [0.25, 0.3) is 0 Å². The second-order valence-electron chi connectivity index (χ2n) is 15.1. The van der Waals surface area contributed by atoms with Gasteiger partial charge in [0.2, 0.25) is 11.8 Å². The number of hydrogen-bond acceptors (Lipinski definition) is 11. The van der Waals surface area contributed by atoms with Gasteiger partial charge in [-0.15, -0.1) is 0 Å². The highest BCUT2D eigenvalue weighted by Crippen LogP contribution is 2.49. The van der Waals surface area contributed by atoms with Crippen LogP contribution in [0.4, 0.5) is 10.5 Å². The number of epoxide rings is 1. The summed E-state index contributed by atoms with van der Waals surface area (Å²) in [6.45, 7) is 9.83. The second-order valence-corrected chi connectivity index (χ2v) is 15.9. The molecule has 3 amide bonds. The van der Waals surface area contributed by atoms with Crippen molar-refractivity contribution in [2.24, 2.45) is 23.7 Å². The van der Waals surface area contributed by atoms with E-state index in [1.807, 2.05) is 20.8 Å². The van der Waals surface area contributed by atoms with E-state index in [1.165, 1.54) is 16.8 Å². The molecule has 0 spiro atoms. The summed E-state index contributed by atoms with van der Waals surface area (Å²) in [4.78, 5) is 56.7. The number of esters is 1. The number of halogens is 1. The van der Waals surface area contributed by atoms with Crippen molar-refractivity contribution < 1.29 is 48.7 Å². The number of hydrogen-bond donors (Lipinski definition) is 5. The number of carbonyl (C=O) groups is 4. The average Bonchev–Trinajstić information content (AvgIpc) is 3.80. The molecule has 3 heterocycles. The molecule has 9 atom stereocenters. The molecular formula is C38H54ClN3O10S. The van der Waals surface area contributed by atoms with Crippen molar-refractivity contribution in [3.05, 3.63) is 52.1 Å². The monoisotopic (exact) mass is 779 g/mol. The molecule has 3 aliphatic rings. The zero-order valence-corrected chi connectivity index (χ0v) is 33.3. The van der Waals surface area contributed by atoms with Gasteiger partial charge in [0.1, 0.15) is 23.9 Å². The topological polar surface area (TPSA) is 178 Å². The van der Waals surface area contributed by atoms with Crippen LogP contribution in [0.2, 0.25) is 5.02 Å². The first-order valence-electron chi connectivity index (χ1n) is 17.9. The molecule has 4 bridgehead atoms. The molecule has 294 valence electrons. The van der Waals surface area contributed by atoms with Gasteiger partial charge in [0.05, 0.1) is 36.4 Å². The number of likely N-dealkylation sites (N-methyl/N-ethyl adjacent to an activating group) is 1. The molecule has 0 saturated carbocycles. The summed E-state index contributed by atoms with van der Waals surface area (Å²) in [5.41, 5.74) is -0.737. The Bertz CT molecular complexity index is 1620. The van der Waals surface area contributed by atoms with Crippen LogP contribution < -0.4 is 10.2 Å². The first-order chi connectivity index (χ1) is 24.8. The van der Waals surface area contributed by atoms with Gasteiger partial charge in [0.15, 0.2) is 5.72 Å². The Morgan fingerprint density at radius 1 is 1.23 bits per heavy atom. The quantitative estimate of drug-likeness (QED) is 0.148. The van der Waals surface area contributed by atoms with Gasteiger partial charge in [-0.1, -0.05) is 62.2 Å². The number of fused-ring (bicyclic) bond motifs is 5. The smallest absolute Gasteiger partial charge is 0.409 e. The van der Waals surface area contributed by atoms with Crippen molar-refractivity contribution in [2.45, 2.75) is 103 Å². The van der Waals surface area contributed by atoms with Gasteiger partial charge in [-0.05, 0) is 50.3 Å². The number of anilines is 1. The van der Waals surface area contributed by atoms with Crippen LogP contribution in [-0.2, 0) is 41.6 Å². The van der Waals surface area contributed by atoms with Gasteiger partial charge >= 0.3 is 12.1 Å². The zero-order chi connectivity index (χ0) is 39.6. The van der Waals surface area contributed by atoms with Crippen molar-refractivity contribution in [1.82, 2.24) is 10.2 Å². The van der Waals surface area contributed by atoms with Gasteiger partial charge < -0.3 is 39.3 Å². The molecular weight excluding hydrogens is 726 g/mol. The van der Waals surface area contributed by atoms with Gasteiger partial charge in [0.25, 0.3) is 0 Å². The van der Waals surface area contributed by atoms with E-state index >= 15 is 0 Å². The fraction of sp³-hybridized carbons (Fsp3) is 0.632. The molecule has 1 unspecified atom stereocenters. The number of nitrogens with zero attached hydrogens (tertiary/aromatic N) is 2. The predicted molar refractivity (Wildman–Crippen MR) is 202 cm³/mol. The highest BCUT2D eigenvalue weighted by molar-refractivity contribution is 7.80. The van der Waals surface area contributed by atoms with Crippen molar-refractivity contribution in [3.8, 4) is 0 Å². The lowest BCUT2D eigenvalue weighted by Crippen LogP contribution is -2.62. The Morgan fingerprint density at radius 3 is 2.51 bits per heavy atom. The summed E-state index contributed by atoms with van der Waals surface area (Å²) < 4.78 is 18.0. The SMILES string of the molecule is C/C1=C\C=C\[C@@H](CO)[C@@]2(O)C[C@H](OC(=O)N2)[C@@H](C)[C@@H]2O[C@@]2(C)[C@@H](OC(=O)[C@H](C)N(C)C(=O)C(CS)C(C)C)CC(=O)N(C)c2cc(cc(CO)c2Cl)C1. The number of amides is 3. The van der Waals surface area contributed by atoms with Gasteiger partial charge in [-0.2, -0.15) is 12.6 Å². The highest BCUT2D eigenvalue weighted by Gasteiger charge is 2.64. The molecule has 1 aromatic rings. The van der Waals surface area contributed by atoms with Crippen LogP contribution in [0.1, 0.15) is 65.5 Å². The Labute approximate surface area is 322 Å². The maximum absolute atomic E-state index is 14.1. The normalized spacial score (nSPS) is 32.0. The zero-order valence-electron chi connectivity index (χ0n) is 31.7. The Morgan fingerprint density at radius 2 is 1.91 bits per heavy atom. The van der Waals surface area contributed by atoms with Gasteiger partial charge in [-0.3, -0.25) is 14.9 Å². The summed E-state index contributed by atoms with van der Waals surface area (Å²) in [5.74, 6) is -3.12. The first-order valence-corrected chi connectivity index (χ1v) is 18.9. The van der Waals surface area contributed by atoms with E-state index in [0.29, 0.717) is 23.4 Å². The molecule has 4 N–H and O–H groups in total. The standard InChI is InChI=1S/C38H54ClN3O10S/c1-20(2)27(19-53)34(46)41(7)23(5)35(47)51-30-15-31(45)42(8)28-14-24(13-25(17-43)32(28)39)12-21(3)10-9-11-26(18-44)38(49)16-29(50-36(48)40-38)22(4)33-37(30,6)52-33/h9-11,13-14,20,22-23,26-27,29-30,33,43-44,49,53H,12,15-19H2,1-8H3,(H,40,48)/b11-9+,21-10+/t22-,23+,26+,27?,29+,30+,33+,37+,38+/m1/s1. The van der Waals surface area contributed by atoms with E-state index in [4.69, 9.17) is 25.8 Å². The van der Waals surface area contributed by atoms with E-state index in [0.717, 1.165) is 11.1 Å². The summed E-state index contributed by atoms with van der Waals surface area (Å²) in [5, 5.41) is 34.8. The van der Waals surface area contributed by atoms with Crippen molar-refractivity contribution in [2.75, 3.05) is 31.4 Å². The molecule has 0 radical (unpaired) electrons. The van der Waals surface area contributed by atoms with Crippen LogP contribution in [0.5, 0.6) is 0 Å². The predicted octanol–water partition coefficient (Wildman–Crippen LogP) is 3.79. The number of allylic oxidation sites excluding steroid dienone is 3. The molecule has 4 rings (SSSR count). The molecule has 3 aliphatic heterocycles. The van der Waals surface area contributed by atoms with Crippen LogP contribution in [0.15, 0.2) is 35.9 Å². The van der Waals surface area contributed by atoms with Gasteiger partial charge in [0, 0.05) is 44.0 Å². The van der Waals surface area contributed by atoms with Crippen LogP contribution >= 0.6 is 24.2 Å². The van der Waals surface area contributed by atoms with E-state index in [1.54, 1.807) is 58.2 Å². The summed E-state index contributed by atoms with van der Waals surface area (Å²) in [6, 6.07) is 2.47. The fourth-order valence-corrected chi connectivity index (χ4v) is 7.99. The molecule has 15 heteroatoms. The van der Waals surface area contributed by atoms with E-state index in [-0.39, 0.29) is 36.3 Å². The number of benzene rings is 1. The number of thiol groups is 1. The van der Waals surface area contributed by atoms with E-state index in [9.17, 15) is 34.5 Å². The Balaban J connectivity index is 1.77. The lowest BCUT2D eigenvalue weighted by Gasteiger charge is -2.42. The Hall–Kier alpha value is -3.14. The number of aliphatic hydroxyl groups is 3. The molecule has 0 aromatic heterocycles. The molecule has 13 nitrogen and oxygen atoms in total. The fourth-order valence-electron chi connectivity index (χ4n) is 7.12. The lowest BCUT2D eigenvalue weighted by atomic mass is 9.81. The molecule has 0 aliphatic carbocycles. The summed E-state index contributed by atoms with van der Waals surface area (Å²) >= 11 is 11.1. The van der Waals surface area contributed by atoms with Crippen molar-refractivity contribution in [1.29, 1.82) is 0 Å². The van der Waals surface area contributed by atoms with Crippen molar-refractivity contribution >= 4 is 53.8 Å². The molecule has 2 saturated heterocycles. The Kier molecular flexibility index (Phi) is 13.8. The summed E-state index contributed by atoms with van der Waals surface area (Å²) in [7, 11) is 3.06. The maximum atomic E-state index is 14.1. The number of alkyl carbamates (subject to hydrolysis) is 1. The average molecular weight is 780 g/mol. The summed E-state index contributed by atoms with van der Waals surface area (Å²) in [6.07, 6.45) is 1.43. The third-order valence-electron chi connectivity index (χ3n) is 11.0.